The lowest BCUT2D eigenvalue weighted by molar-refractivity contribution is 0.0784. The van der Waals surface area contributed by atoms with Crippen molar-refractivity contribution in [2.45, 2.75) is 44.8 Å². The Balaban J connectivity index is 1.94. The summed E-state index contributed by atoms with van der Waals surface area (Å²) in [6.07, 6.45) is 5.07. The maximum atomic E-state index is 5.82. The fourth-order valence-corrected chi connectivity index (χ4v) is 2.45. The van der Waals surface area contributed by atoms with Crippen LogP contribution in [0, 0.1) is 0 Å². The molecular formula is C15H23NO. The van der Waals surface area contributed by atoms with E-state index in [0.717, 1.165) is 19.6 Å². The zero-order chi connectivity index (χ0) is 11.9. The van der Waals surface area contributed by atoms with Crippen molar-refractivity contribution < 1.29 is 4.74 Å². The topological polar surface area (TPSA) is 21.3 Å². The Hall–Kier alpha value is -0.860. The van der Waals surface area contributed by atoms with Gasteiger partial charge >= 0.3 is 0 Å². The summed E-state index contributed by atoms with van der Waals surface area (Å²) >= 11 is 0. The van der Waals surface area contributed by atoms with Crippen LogP contribution in [0.3, 0.4) is 0 Å². The molecule has 1 heterocycles. The Labute approximate surface area is 104 Å². The third-order valence-corrected chi connectivity index (χ3v) is 3.37. The molecule has 0 spiro atoms. The van der Waals surface area contributed by atoms with E-state index < -0.39 is 0 Å². The fraction of sp³-hybridized carbons (Fsp3) is 0.600. The van der Waals surface area contributed by atoms with E-state index in [-0.39, 0.29) is 0 Å². The van der Waals surface area contributed by atoms with E-state index in [9.17, 15) is 0 Å². The summed E-state index contributed by atoms with van der Waals surface area (Å²) in [7, 11) is 0. The van der Waals surface area contributed by atoms with E-state index in [2.05, 4.69) is 42.6 Å². The Morgan fingerprint density at radius 1 is 1.35 bits per heavy atom. The van der Waals surface area contributed by atoms with E-state index >= 15 is 0 Å². The van der Waals surface area contributed by atoms with Gasteiger partial charge in [0.2, 0.25) is 0 Å². The van der Waals surface area contributed by atoms with Gasteiger partial charge < -0.3 is 10.1 Å². The highest BCUT2D eigenvalue weighted by atomic mass is 16.5. The highest BCUT2D eigenvalue weighted by molar-refractivity contribution is 5.16. The molecule has 1 aliphatic heterocycles. The molecule has 1 fully saturated rings. The first-order chi connectivity index (χ1) is 8.40. The number of ether oxygens (including phenoxy) is 1. The highest BCUT2D eigenvalue weighted by Gasteiger charge is 2.25. The van der Waals surface area contributed by atoms with Gasteiger partial charge in [0.15, 0.2) is 0 Å². The van der Waals surface area contributed by atoms with Crippen LogP contribution in [0.2, 0.25) is 0 Å². The van der Waals surface area contributed by atoms with Crippen molar-refractivity contribution in [3.8, 4) is 0 Å². The molecule has 0 saturated carbocycles. The van der Waals surface area contributed by atoms with Crippen molar-refractivity contribution in [3.63, 3.8) is 0 Å². The fourth-order valence-electron chi connectivity index (χ4n) is 2.45. The zero-order valence-corrected chi connectivity index (χ0v) is 10.7. The summed E-state index contributed by atoms with van der Waals surface area (Å²) in [4.78, 5) is 0. The van der Waals surface area contributed by atoms with Crippen LogP contribution in [0.1, 0.15) is 31.7 Å². The largest absolute Gasteiger partial charge is 0.377 e. The molecule has 1 saturated heterocycles. The lowest BCUT2D eigenvalue weighted by atomic mass is 9.99. The molecule has 0 bridgehead atoms. The van der Waals surface area contributed by atoms with Gasteiger partial charge in [-0.1, -0.05) is 37.3 Å². The molecule has 2 nitrogen and oxygen atoms in total. The van der Waals surface area contributed by atoms with Gasteiger partial charge in [0.05, 0.1) is 6.10 Å². The third-order valence-electron chi connectivity index (χ3n) is 3.37. The summed E-state index contributed by atoms with van der Waals surface area (Å²) in [5.41, 5.74) is 1.40. The standard InChI is InChI=1S/C15H23NO/c1-2-10-16-14(15-9-6-11-17-15)12-13-7-4-3-5-8-13/h3-5,7-8,14-16H,2,6,9-12H2,1H3. The van der Waals surface area contributed by atoms with Crippen molar-refractivity contribution in [3.05, 3.63) is 35.9 Å². The number of benzene rings is 1. The van der Waals surface area contributed by atoms with Crippen LogP contribution in [-0.4, -0.2) is 25.3 Å². The van der Waals surface area contributed by atoms with E-state index in [0.29, 0.717) is 12.1 Å². The molecule has 0 radical (unpaired) electrons. The lowest BCUT2D eigenvalue weighted by Gasteiger charge is -2.24. The maximum Gasteiger partial charge on any atom is 0.0732 e. The molecule has 0 amide bonds. The summed E-state index contributed by atoms with van der Waals surface area (Å²) in [6, 6.07) is 11.2. The number of rotatable bonds is 6. The molecule has 2 unspecified atom stereocenters. The smallest absolute Gasteiger partial charge is 0.0732 e. The summed E-state index contributed by atoms with van der Waals surface area (Å²) < 4.78 is 5.82. The SMILES string of the molecule is CCCNC(Cc1ccccc1)C1CCCO1. The molecule has 2 atom stereocenters. The predicted molar refractivity (Wildman–Crippen MR) is 71.2 cm³/mol. The second-order valence-corrected chi connectivity index (χ2v) is 4.80. The van der Waals surface area contributed by atoms with Gasteiger partial charge in [-0.15, -0.1) is 0 Å². The number of hydrogen-bond donors (Lipinski definition) is 1. The number of nitrogens with one attached hydrogen (secondary N) is 1. The van der Waals surface area contributed by atoms with Gasteiger partial charge in [0.1, 0.15) is 0 Å². The Morgan fingerprint density at radius 3 is 2.82 bits per heavy atom. The average Bonchev–Trinajstić information content (AvgIpc) is 2.89. The highest BCUT2D eigenvalue weighted by Crippen LogP contribution is 2.18. The summed E-state index contributed by atoms with van der Waals surface area (Å²) in [5.74, 6) is 0. The van der Waals surface area contributed by atoms with Crippen LogP contribution in [0.25, 0.3) is 0 Å². The lowest BCUT2D eigenvalue weighted by Crippen LogP contribution is -2.41. The second-order valence-electron chi connectivity index (χ2n) is 4.80. The second kappa shape index (κ2) is 6.77. The quantitative estimate of drug-likeness (QED) is 0.816. The molecule has 0 aliphatic carbocycles. The first kappa shape index (κ1) is 12.6. The Bertz CT molecular complexity index is 306. The van der Waals surface area contributed by atoms with Crippen LogP contribution in [0.15, 0.2) is 30.3 Å². The van der Waals surface area contributed by atoms with E-state index in [1.165, 1.54) is 24.8 Å². The van der Waals surface area contributed by atoms with Gasteiger partial charge in [0.25, 0.3) is 0 Å². The summed E-state index contributed by atoms with van der Waals surface area (Å²) in [6.45, 7) is 4.23. The number of hydrogen-bond acceptors (Lipinski definition) is 2. The monoisotopic (exact) mass is 233 g/mol. The van der Waals surface area contributed by atoms with Crippen molar-refractivity contribution in [1.82, 2.24) is 5.32 Å². The zero-order valence-electron chi connectivity index (χ0n) is 10.7. The molecule has 1 aliphatic rings. The third kappa shape index (κ3) is 3.83. The summed E-state index contributed by atoms with van der Waals surface area (Å²) in [5, 5.41) is 3.63. The van der Waals surface area contributed by atoms with E-state index in [4.69, 9.17) is 4.74 Å². The van der Waals surface area contributed by atoms with Gasteiger partial charge in [-0.05, 0) is 37.8 Å². The van der Waals surface area contributed by atoms with Crippen LogP contribution in [0.5, 0.6) is 0 Å². The molecule has 2 rings (SSSR count). The minimum absolute atomic E-state index is 0.404. The van der Waals surface area contributed by atoms with E-state index in [1.807, 2.05) is 0 Å². The van der Waals surface area contributed by atoms with Crippen molar-refractivity contribution in [2.75, 3.05) is 13.2 Å². The Morgan fingerprint density at radius 2 is 2.18 bits per heavy atom. The first-order valence-corrected chi connectivity index (χ1v) is 6.79. The van der Waals surface area contributed by atoms with Crippen LogP contribution >= 0.6 is 0 Å². The minimum atomic E-state index is 0.404. The first-order valence-electron chi connectivity index (χ1n) is 6.79. The molecule has 2 heteroatoms. The van der Waals surface area contributed by atoms with Gasteiger partial charge in [-0.3, -0.25) is 0 Å². The normalized spacial score (nSPS) is 21.6. The van der Waals surface area contributed by atoms with Crippen molar-refractivity contribution in [1.29, 1.82) is 0 Å². The van der Waals surface area contributed by atoms with Crippen molar-refractivity contribution in [2.24, 2.45) is 0 Å². The molecule has 0 aromatic heterocycles. The van der Waals surface area contributed by atoms with Gasteiger partial charge in [0, 0.05) is 12.6 Å². The van der Waals surface area contributed by atoms with Crippen LogP contribution in [0.4, 0.5) is 0 Å². The van der Waals surface area contributed by atoms with Crippen molar-refractivity contribution >= 4 is 0 Å². The van der Waals surface area contributed by atoms with E-state index in [1.54, 1.807) is 0 Å². The molecule has 94 valence electrons. The van der Waals surface area contributed by atoms with Crippen LogP contribution in [-0.2, 0) is 11.2 Å². The molecular weight excluding hydrogens is 210 g/mol. The average molecular weight is 233 g/mol. The maximum absolute atomic E-state index is 5.82. The Kier molecular flexibility index (Phi) is 5.02. The molecule has 17 heavy (non-hydrogen) atoms. The van der Waals surface area contributed by atoms with Crippen LogP contribution < -0.4 is 5.32 Å². The van der Waals surface area contributed by atoms with Gasteiger partial charge in [-0.2, -0.15) is 0 Å². The predicted octanol–water partition coefficient (Wildman–Crippen LogP) is 2.78. The van der Waals surface area contributed by atoms with Gasteiger partial charge in [-0.25, -0.2) is 0 Å². The molecule has 1 aromatic carbocycles. The minimum Gasteiger partial charge on any atom is -0.377 e. The molecule has 1 aromatic rings. The molecule has 1 N–H and O–H groups in total.